The van der Waals surface area contributed by atoms with E-state index in [1.807, 2.05) is 30.3 Å². The lowest BCUT2D eigenvalue weighted by atomic mass is 10.1. The summed E-state index contributed by atoms with van der Waals surface area (Å²) >= 11 is 1.73. The van der Waals surface area contributed by atoms with E-state index in [2.05, 4.69) is 57.3 Å². The summed E-state index contributed by atoms with van der Waals surface area (Å²) in [5, 5.41) is 21.9. The predicted octanol–water partition coefficient (Wildman–Crippen LogP) is 2.48. The minimum absolute atomic E-state index is 0.557. The van der Waals surface area contributed by atoms with E-state index in [1.54, 1.807) is 11.3 Å². The number of hydrogen-bond acceptors (Lipinski definition) is 5. The number of nitrogens with one attached hydrogen (secondary N) is 2. The van der Waals surface area contributed by atoms with Gasteiger partial charge in [0.1, 0.15) is 5.82 Å². The molecule has 0 aliphatic heterocycles. The maximum atomic E-state index is 4.86. The number of aromatic nitrogens is 5. The van der Waals surface area contributed by atoms with Crippen molar-refractivity contribution in [1.29, 1.82) is 0 Å². The molecule has 0 radical (unpaired) electrons. The Balaban J connectivity index is 1.77. The first-order chi connectivity index (χ1) is 14.0. The summed E-state index contributed by atoms with van der Waals surface area (Å²) in [6.45, 7) is 8.13. The van der Waals surface area contributed by atoms with Crippen molar-refractivity contribution < 1.29 is 0 Å². The number of aliphatic imine (C=N–C) groups is 1. The molecule has 2 N–H and O–H groups in total. The summed E-state index contributed by atoms with van der Waals surface area (Å²) in [4.78, 5) is 6.13. The number of rotatable bonds is 8. The molecule has 0 saturated carbocycles. The normalized spacial score (nSPS) is 11.8. The lowest BCUT2D eigenvalue weighted by molar-refractivity contribution is 0.702. The van der Waals surface area contributed by atoms with Crippen molar-refractivity contribution in [2.24, 2.45) is 19.1 Å². The zero-order valence-electron chi connectivity index (χ0n) is 17.9. The van der Waals surface area contributed by atoms with Crippen LogP contribution >= 0.6 is 11.3 Å². The molecule has 8 nitrogen and oxygen atoms in total. The Hall–Kier alpha value is -2.68. The molecule has 0 amide bonds. The highest BCUT2D eigenvalue weighted by atomic mass is 32.1. The summed E-state index contributed by atoms with van der Waals surface area (Å²) < 4.78 is 3.97. The monoisotopic (exact) mass is 414 g/mol. The highest BCUT2D eigenvalue weighted by molar-refractivity contribution is 7.09. The fourth-order valence-electron chi connectivity index (χ4n) is 3.26. The third kappa shape index (κ3) is 5.03. The Bertz CT molecular complexity index is 952. The summed E-state index contributed by atoms with van der Waals surface area (Å²) in [7, 11) is 3.98. The first-order valence-electron chi connectivity index (χ1n) is 9.96. The Morgan fingerprint density at radius 3 is 2.55 bits per heavy atom. The van der Waals surface area contributed by atoms with Crippen LogP contribution in [0.3, 0.4) is 0 Å². The minimum atomic E-state index is 0.557. The van der Waals surface area contributed by atoms with Gasteiger partial charge in [0.25, 0.3) is 0 Å². The minimum Gasteiger partial charge on any atom is -0.351 e. The van der Waals surface area contributed by atoms with E-state index in [4.69, 9.17) is 4.99 Å². The maximum absolute atomic E-state index is 4.86. The molecule has 0 saturated heterocycles. The second-order valence-corrected chi connectivity index (χ2v) is 7.91. The van der Waals surface area contributed by atoms with Crippen LogP contribution in [0.25, 0.3) is 0 Å². The third-order valence-electron chi connectivity index (χ3n) is 5.03. The lowest BCUT2D eigenvalue weighted by Gasteiger charge is -2.12. The van der Waals surface area contributed by atoms with Crippen molar-refractivity contribution in [2.45, 2.75) is 53.2 Å². The molecule has 3 rings (SSSR count). The van der Waals surface area contributed by atoms with Gasteiger partial charge in [0.2, 0.25) is 0 Å². The van der Waals surface area contributed by atoms with E-state index in [0.29, 0.717) is 13.1 Å². The summed E-state index contributed by atoms with van der Waals surface area (Å²) in [6, 6.07) is 4.18. The fourth-order valence-corrected chi connectivity index (χ4v) is 3.90. The molecule has 0 spiro atoms. The molecule has 3 aromatic rings. The molecular formula is C20H30N8S. The second kappa shape index (κ2) is 9.69. The molecule has 0 aromatic carbocycles. The van der Waals surface area contributed by atoms with Crippen molar-refractivity contribution in [3.8, 4) is 0 Å². The fraction of sp³-hybridized carbons (Fsp3) is 0.500. The topological polar surface area (TPSA) is 84.9 Å². The van der Waals surface area contributed by atoms with Crippen LogP contribution < -0.4 is 10.6 Å². The Morgan fingerprint density at radius 1 is 1.14 bits per heavy atom. The van der Waals surface area contributed by atoms with Gasteiger partial charge in [0.05, 0.1) is 25.3 Å². The Morgan fingerprint density at radius 2 is 1.93 bits per heavy atom. The first-order valence-corrected chi connectivity index (χ1v) is 10.8. The predicted molar refractivity (Wildman–Crippen MR) is 117 cm³/mol. The molecule has 0 aliphatic carbocycles. The van der Waals surface area contributed by atoms with E-state index in [1.165, 1.54) is 16.1 Å². The molecule has 0 atom stereocenters. The average Bonchev–Trinajstić information content (AvgIpc) is 3.42. The molecule has 3 aromatic heterocycles. The standard InChI is InChI=1S/C20H30N8S/c1-6-17-16(18(7-2)28(5)26-17)12-22-20(21-11-15-9-8-10-29-15)23-13-19-25-24-14(3)27(19)4/h8-10H,6-7,11-13H2,1-5H3,(H2,21,22,23). The van der Waals surface area contributed by atoms with Crippen molar-refractivity contribution >= 4 is 17.3 Å². The van der Waals surface area contributed by atoms with Gasteiger partial charge in [-0.3, -0.25) is 4.68 Å². The van der Waals surface area contributed by atoms with Gasteiger partial charge in [-0.1, -0.05) is 19.9 Å². The summed E-state index contributed by atoms with van der Waals surface area (Å²) in [5.41, 5.74) is 3.59. The van der Waals surface area contributed by atoms with Gasteiger partial charge in [0, 0.05) is 30.2 Å². The highest BCUT2D eigenvalue weighted by Crippen LogP contribution is 2.16. The van der Waals surface area contributed by atoms with Crippen LogP contribution in [0.2, 0.25) is 0 Å². The van der Waals surface area contributed by atoms with Crippen molar-refractivity contribution in [3.05, 3.63) is 51.0 Å². The molecule has 0 unspecified atom stereocenters. The van der Waals surface area contributed by atoms with E-state index in [9.17, 15) is 0 Å². The van der Waals surface area contributed by atoms with E-state index in [0.717, 1.165) is 42.7 Å². The van der Waals surface area contributed by atoms with Gasteiger partial charge in [0.15, 0.2) is 11.8 Å². The van der Waals surface area contributed by atoms with Gasteiger partial charge >= 0.3 is 0 Å². The number of aryl methyl sites for hydroxylation is 3. The van der Waals surface area contributed by atoms with Crippen molar-refractivity contribution in [1.82, 2.24) is 35.2 Å². The highest BCUT2D eigenvalue weighted by Gasteiger charge is 2.14. The van der Waals surface area contributed by atoms with Crippen LogP contribution in [0.5, 0.6) is 0 Å². The van der Waals surface area contributed by atoms with E-state index >= 15 is 0 Å². The van der Waals surface area contributed by atoms with E-state index < -0.39 is 0 Å². The van der Waals surface area contributed by atoms with Gasteiger partial charge in [-0.2, -0.15) is 5.10 Å². The molecule has 3 heterocycles. The van der Waals surface area contributed by atoms with Crippen LogP contribution in [0, 0.1) is 6.92 Å². The Labute approximate surface area is 176 Å². The number of thiophene rings is 1. The lowest BCUT2D eigenvalue weighted by Crippen LogP contribution is -2.37. The van der Waals surface area contributed by atoms with Gasteiger partial charge in [-0.15, -0.1) is 21.5 Å². The van der Waals surface area contributed by atoms with Crippen LogP contribution in [-0.4, -0.2) is 30.5 Å². The van der Waals surface area contributed by atoms with Gasteiger partial charge < -0.3 is 15.2 Å². The molecule has 0 aliphatic rings. The average molecular weight is 415 g/mol. The molecule has 29 heavy (non-hydrogen) atoms. The van der Waals surface area contributed by atoms with Crippen LogP contribution in [0.4, 0.5) is 0 Å². The van der Waals surface area contributed by atoms with Crippen LogP contribution in [-0.2, 0) is 46.6 Å². The van der Waals surface area contributed by atoms with Crippen LogP contribution in [0.15, 0.2) is 22.5 Å². The van der Waals surface area contributed by atoms with E-state index in [-0.39, 0.29) is 0 Å². The Kier molecular flexibility index (Phi) is 7.03. The number of nitrogens with zero attached hydrogens (tertiary/aromatic N) is 6. The molecule has 0 fully saturated rings. The summed E-state index contributed by atoms with van der Waals surface area (Å²) in [5.74, 6) is 2.52. The molecule has 156 valence electrons. The molecule has 0 bridgehead atoms. The smallest absolute Gasteiger partial charge is 0.192 e. The van der Waals surface area contributed by atoms with Crippen molar-refractivity contribution in [2.75, 3.05) is 0 Å². The zero-order valence-corrected chi connectivity index (χ0v) is 18.7. The quantitative estimate of drug-likeness (QED) is 0.437. The largest absolute Gasteiger partial charge is 0.351 e. The van der Waals surface area contributed by atoms with Crippen LogP contribution in [0.1, 0.15) is 47.3 Å². The summed E-state index contributed by atoms with van der Waals surface area (Å²) in [6.07, 6.45) is 1.85. The third-order valence-corrected chi connectivity index (χ3v) is 5.91. The van der Waals surface area contributed by atoms with Gasteiger partial charge in [-0.05, 0) is 31.2 Å². The zero-order chi connectivity index (χ0) is 20.8. The first kappa shape index (κ1) is 21.0. The number of guanidine groups is 1. The molecular weight excluding hydrogens is 384 g/mol. The molecule has 9 heteroatoms. The van der Waals surface area contributed by atoms with Gasteiger partial charge in [-0.25, -0.2) is 4.99 Å². The SMILES string of the molecule is CCc1nn(C)c(CC)c1CN=C(NCc1cccs1)NCc1nnc(C)n1C. The van der Waals surface area contributed by atoms with Crippen molar-refractivity contribution in [3.63, 3.8) is 0 Å². The number of hydrogen-bond donors (Lipinski definition) is 2. The maximum Gasteiger partial charge on any atom is 0.192 e. The second-order valence-electron chi connectivity index (χ2n) is 6.88.